The van der Waals surface area contributed by atoms with Gasteiger partial charge in [-0.15, -0.1) is 11.6 Å². The average molecular weight is 269 g/mol. The largest absolute Gasteiger partial charge is 0.495 e. The van der Waals surface area contributed by atoms with Gasteiger partial charge in [0.2, 0.25) is 0 Å². The molecule has 0 aliphatic rings. The molecule has 0 heterocycles. The first-order chi connectivity index (χ1) is 7.20. The quantitative estimate of drug-likeness (QED) is 0.653. The Kier molecular flexibility index (Phi) is 5.54. The van der Waals surface area contributed by atoms with Crippen LogP contribution in [0.15, 0.2) is 12.1 Å². The Morgan fingerprint density at radius 3 is 2.60 bits per heavy atom. The van der Waals surface area contributed by atoms with E-state index >= 15 is 0 Å². The minimum absolute atomic E-state index is 0.448. The molecule has 0 saturated heterocycles. The maximum absolute atomic E-state index is 6.07. The van der Waals surface area contributed by atoms with Crippen molar-refractivity contribution in [1.82, 2.24) is 5.32 Å². The van der Waals surface area contributed by atoms with Crippen molar-refractivity contribution in [2.45, 2.75) is 6.54 Å². The molecule has 1 N–H and O–H groups in total. The topological polar surface area (TPSA) is 21.3 Å². The normalized spacial score (nSPS) is 10.4. The van der Waals surface area contributed by atoms with E-state index < -0.39 is 0 Å². The van der Waals surface area contributed by atoms with E-state index in [1.54, 1.807) is 13.2 Å². The maximum atomic E-state index is 6.07. The first-order valence-corrected chi connectivity index (χ1v) is 5.77. The molecule has 0 unspecified atom stereocenters. The van der Waals surface area contributed by atoms with Gasteiger partial charge >= 0.3 is 0 Å². The Labute approximate surface area is 104 Å². The fourth-order valence-corrected chi connectivity index (χ4v) is 1.77. The van der Waals surface area contributed by atoms with Gasteiger partial charge in [-0.2, -0.15) is 0 Å². The molecule has 0 saturated carbocycles. The molecule has 0 spiro atoms. The van der Waals surface area contributed by atoms with E-state index in [4.69, 9.17) is 39.5 Å². The van der Waals surface area contributed by atoms with Crippen molar-refractivity contribution in [3.05, 3.63) is 27.7 Å². The predicted octanol–water partition coefficient (Wildman–Crippen LogP) is 3.33. The lowest BCUT2D eigenvalue weighted by Crippen LogP contribution is -2.15. The molecule has 0 aliphatic heterocycles. The highest BCUT2D eigenvalue weighted by Crippen LogP contribution is 2.34. The Morgan fingerprint density at radius 1 is 1.27 bits per heavy atom. The Balaban J connectivity index is 2.77. The van der Waals surface area contributed by atoms with Crippen molar-refractivity contribution >= 4 is 34.8 Å². The second kappa shape index (κ2) is 6.44. The van der Waals surface area contributed by atoms with E-state index in [0.29, 0.717) is 28.2 Å². The second-order valence-electron chi connectivity index (χ2n) is 2.92. The maximum Gasteiger partial charge on any atom is 0.138 e. The third-order valence-corrected chi connectivity index (χ3v) is 3.03. The van der Waals surface area contributed by atoms with Gasteiger partial charge in [0.1, 0.15) is 10.8 Å². The lowest BCUT2D eigenvalue weighted by Gasteiger charge is -2.09. The van der Waals surface area contributed by atoms with Crippen LogP contribution in [0.3, 0.4) is 0 Å². The summed E-state index contributed by atoms with van der Waals surface area (Å²) in [5, 5.41) is 4.12. The van der Waals surface area contributed by atoms with E-state index in [9.17, 15) is 0 Å². The van der Waals surface area contributed by atoms with Crippen molar-refractivity contribution in [3.63, 3.8) is 0 Å². The molecule has 1 rings (SSSR count). The molecular formula is C10H12Cl3NO. The lowest BCUT2D eigenvalue weighted by molar-refractivity contribution is 0.415. The average Bonchev–Trinajstić information content (AvgIpc) is 2.25. The number of halogens is 3. The molecule has 0 aliphatic carbocycles. The monoisotopic (exact) mass is 267 g/mol. The summed E-state index contributed by atoms with van der Waals surface area (Å²) < 4.78 is 5.05. The van der Waals surface area contributed by atoms with Crippen LogP contribution in [0.25, 0.3) is 0 Å². The van der Waals surface area contributed by atoms with Crippen molar-refractivity contribution in [2.24, 2.45) is 0 Å². The molecule has 0 bridgehead atoms. The first-order valence-electron chi connectivity index (χ1n) is 4.48. The number of hydrogen-bond acceptors (Lipinski definition) is 2. The van der Waals surface area contributed by atoms with Crippen molar-refractivity contribution in [2.75, 3.05) is 19.5 Å². The van der Waals surface area contributed by atoms with E-state index in [0.717, 1.165) is 12.1 Å². The van der Waals surface area contributed by atoms with Gasteiger partial charge in [0.15, 0.2) is 0 Å². The van der Waals surface area contributed by atoms with Gasteiger partial charge in [0, 0.05) is 19.0 Å². The number of methoxy groups -OCH3 is 1. The molecule has 0 atom stereocenters. The van der Waals surface area contributed by atoms with Crippen molar-refractivity contribution in [3.8, 4) is 5.75 Å². The summed E-state index contributed by atoms with van der Waals surface area (Å²) in [6.45, 7) is 1.39. The molecule has 0 aromatic heterocycles. The molecule has 0 radical (unpaired) electrons. The van der Waals surface area contributed by atoms with Crippen LogP contribution in [0, 0.1) is 0 Å². The Morgan fingerprint density at radius 2 is 2.00 bits per heavy atom. The number of nitrogens with one attached hydrogen (secondary N) is 1. The highest BCUT2D eigenvalue weighted by atomic mass is 35.5. The number of ether oxygens (including phenoxy) is 1. The molecule has 15 heavy (non-hydrogen) atoms. The molecular weight excluding hydrogens is 256 g/mol. The number of rotatable bonds is 5. The van der Waals surface area contributed by atoms with Crippen molar-refractivity contribution in [1.29, 1.82) is 0 Å². The third-order valence-electron chi connectivity index (χ3n) is 1.93. The van der Waals surface area contributed by atoms with E-state index in [1.807, 2.05) is 6.07 Å². The zero-order valence-electron chi connectivity index (χ0n) is 8.32. The minimum Gasteiger partial charge on any atom is -0.495 e. The Hall–Kier alpha value is -0.150. The van der Waals surface area contributed by atoms with Gasteiger partial charge < -0.3 is 10.1 Å². The van der Waals surface area contributed by atoms with Crippen LogP contribution in [-0.2, 0) is 6.54 Å². The lowest BCUT2D eigenvalue weighted by atomic mass is 10.2. The van der Waals surface area contributed by atoms with E-state index in [2.05, 4.69) is 5.32 Å². The summed E-state index contributed by atoms with van der Waals surface area (Å²) in [4.78, 5) is 0. The van der Waals surface area contributed by atoms with Crippen LogP contribution < -0.4 is 10.1 Å². The fourth-order valence-electron chi connectivity index (χ4n) is 1.16. The van der Waals surface area contributed by atoms with Gasteiger partial charge in [-0.25, -0.2) is 0 Å². The van der Waals surface area contributed by atoms with Crippen LogP contribution in [0.5, 0.6) is 5.75 Å². The molecule has 1 aromatic carbocycles. The molecule has 1 aromatic rings. The Bertz CT molecular complexity index is 331. The smallest absolute Gasteiger partial charge is 0.138 e. The third kappa shape index (κ3) is 3.42. The van der Waals surface area contributed by atoms with Crippen LogP contribution in [0.4, 0.5) is 0 Å². The van der Waals surface area contributed by atoms with Crippen LogP contribution in [0.1, 0.15) is 5.56 Å². The highest BCUT2D eigenvalue weighted by molar-refractivity contribution is 6.43. The molecule has 5 heteroatoms. The summed E-state index contributed by atoms with van der Waals surface area (Å²) in [5.41, 5.74) is 0.938. The number of benzene rings is 1. The number of hydrogen-bond donors (Lipinski definition) is 1. The summed E-state index contributed by atoms with van der Waals surface area (Å²) in [7, 11) is 1.56. The van der Waals surface area contributed by atoms with Gasteiger partial charge in [0.25, 0.3) is 0 Å². The summed E-state index contributed by atoms with van der Waals surface area (Å²) >= 11 is 17.6. The van der Waals surface area contributed by atoms with Crippen LogP contribution in [0.2, 0.25) is 10.0 Å². The van der Waals surface area contributed by atoms with Crippen LogP contribution in [-0.4, -0.2) is 19.5 Å². The van der Waals surface area contributed by atoms with Gasteiger partial charge in [-0.05, 0) is 11.6 Å². The highest BCUT2D eigenvalue weighted by Gasteiger charge is 2.09. The zero-order valence-corrected chi connectivity index (χ0v) is 10.6. The predicted molar refractivity (Wildman–Crippen MR) is 65.4 cm³/mol. The summed E-state index contributed by atoms with van der Waals surface area (Å²) in [5.74, 6) is 1.16. The summed E-state index contributed by atoms with van der Waals surface area (Å²) in [6, 6.07) is 3.68. The molecule has 0 fully saturated rings. The zero-order chi connectivity index (χ0) is 11.3. The van der Waals surface area contributed by atoms with Gasteiger partial charge in [-0.3, -0.25) is 0 Å². The fraction of sp³-hybridized carbons (Fsp3) is 0.400. The minimum atomic E-state index is 0.448. The van der Waals surface area contributed by atoms with Crippen molar-refractivity contribution < 1.29 is 4.74 Å². The number of alkyl halides is 1. The van der Waals surface area contributed by atoms with Gasteiger partial charge in [-0.1, -0.05) is 29.3 Å². The second-order valence-corrected chi connectivity index (χ2v) is 4.05. The molecule has 0 amide bonds. The molecule has 2 nitrogen and oxygen atoms in total. The summed E-state index contributed by atoms with van der Waals surface area (Å²) in [6.07, 6.45) is 0. The molecule has 84 valence electrons. The van der Waals surface area contributed by atoms with E-state index in [-0.39, 0.29) is 0 Å². The van der Waals surface area contributed by atoms with Crippen LogP contribution >= 0.6 is 34.8 Å². The first kappa shape index (κ1) is 12.9. The SMILES string of the molecule is COc1ccc(CNCCCl)c(Cl)c1Cl. The standard InChI is InChI=1S/C10H12Cl3NO/c1-15-8-3-2-7(6-14-5-4-11)9(12)10(8)13/h2-3,14H,4-6H2,1H3. The van der Waals surface area contributed by atoms with Gasteiger partial charge in [0.05, 0.1) is 12.1 Å². The van der Waals surface area contributed by atoms with E-state index in [1.165, 1.54) is 0 Å².